The van der Waals surface area contributed by atoms with Crippen LogP contribution in [-0.2, 0) is 11.8 Å². The minimum absolute atomic E-state index is 0.168. The molecule has 0 aliphatic rings. The second kappa shape index (κ2) is 5.86. The van der Waals surface area contributed by atoms with Crippen LogP contribution in [0.15, 0.2) is 6.07 Å². The number of aryl methyl sites for hydroxylation is 1. The van der Waals surface area contributed by atoms with Crippen LogP contribution in [-0.4, -0.2) is 45.3 Å². The van der Waals surface area contributed by atoms with Gasteiger partial charge in [0.2, 0.25) is 0 Å². The van der Waals surface area contributed by atoms with E-state index in [0.29, 0.717) is 5.69 Å². The van der Waals surface area contributed by atoms with E-state index in [2.05, 4.69) is 5.10 Å². The van der Waals surface area contributed by atoms with Gasteiger partial charge in [-0.1, -0.05) is 20.8 Å². The molecular weight excluding hydrogens is 246 g/mol. The van der Waals surface area contributed by atoms with Gasteiger partial charge in [0.15, 0.2) is 5.69 Å². The van der Waals surface area contributed by atoms with Crippen LogP contribution in [0.3, 0.4) is 0 Å². The highest BCUT2D eigenvalue weighted by Crippen LogP contribution is 2.15. The smallest absolute Gasteiger partial charge is 0.308 e. The number of aliphatic carboxylic acids is 1. The van der Waals surface area contributed by atoms with Gasteiger partial charge in [-0.3, -0.25) is 14.3 Å². The fraction of sp³-hybridized carbons (Fsp3) is 0.615. The van der Waals surface area contributed by atoms with Crippen molar-refractivity contribution >= 4 is 11.9 Å². The summed E-state index contributed by atoms with van der Waals surface area (Å²) in [6, 6.07) is 1.76. The van der Waals surface area contributed by atoms with Gasteiger partial charge in [-0.15, -0.1) is 0 Å². The van der Waals surface area contributed by atoms with Gasteiger partial charge in [-0.05, 0) is 12.0 Å². The minimum atomic E-state index is -0.913. The summed E-state index contributed by atoms with van der Waals surface area (Å²) in [6.07, 6.45) is 0. The van der Waals surface area contributed by atoms with E-state index in [1.807, 2.05) is 13.8 Å². The van der Waals surface area contributed by atoms with Crippen molar-refractivity contribution in [1.29, 1.82) is 0 Å². The molecule has 1 rings (SSSR count). The van der Waals surface area contributed by atoms with Crippen LogP contribution in [0.2, 0.25) is 0 Å². The Kier molecular flexibility index (Phi) is 4.69. The molecule has 0 saturated carbocycles. The third-order valence-electron chi connectivity index (χ3n) is 3.04. The minimum Gasteiger partial charge on any atom is -0.481 e. The Hall–Kier alpha value is -1.85. The second-order valence-corrected chi connectivity index (χ2v) is 5.16. The molecule has 19 heavy (non-hydrogen) atoms. The van der Waals surface area contributed by atoms with Gasteiger partial charge in [-0.2, -0.15) is 5.10 Å². The van der Waals surface area contributed by atoms with Gasteiger partial charge in [0.25, 0.3) is 5.91 Å². The number of carboxylic acids is 1. The van der Waals surface area contributed by atoms with Crippen LogP contribution in [0.5, 0.6) is 0 Å². The molecule has 6 nitrogen and oxygen atoms in total. The molecule has 1 N–H and O–H groups in total. The molecule has 0 saturated heterocycles. The number of rotatable bonds is 5. The summed E-state index contributed by atoms with van der Waals surface area (Å²) in [5.41, 5.74) is 1.33. The van der Waals surface area contributed by atoms with Crippen molar-refractivity contribution in [3.63, 3.8) is 0 Å². The fourth-order valence-corrected chi connectivity index (χ4v) is 1.89. The lowest BCUT2D eigenvalue weighted by Gasteiger charge is -2.18. The average Bonchev–Trinajstić information content (AvgIpc) is 2.70. The summed E-state index contributed by atoms with van der Waals surface area (Å²) in [4.78, 5) is 24.3. The van der Waals surface area contributed by atoms with E-state index >= 15 is 0 Å². The number of aromatic nitrogens is 2. The quantitative estimate of drug-likeness (QED) is 0.873. The van der Waals surface area contributed by atoms with E-state index < -0.39 is 11.9 Å². The average molecular weight is 267 g/mol. The van der Waals surface area contributed by atoms with Gasteiger partial charge >= 0.3 is 5.97 Å². The highest BCUT2D eigenvalue weighted by atomic mass is 16.4. The number of carboxylic acid groups (broad SMARTS) is 1. The number of hydrogen-bond donors (Lipinski definition) is 1. The summed E-state index contributed by atoms with van der Waals surface area (Å²) < 4.78 is 1.69. The molecule has 1 atom stereocenters. The van der Waals surface area contributed by atoms with Crippen LogP contribution >= 0.6 is 0 Å². The molecule has 1 amide bonds. The maximum Gasteiger partial charge on any atom is 0.308 e. The molecule has 1 unspecified atom stereocenters. The first-order valence-electron chi connectivity index (χ1n) is 6.26. The van der Waals surface area contributed by atoms with Crippen molar-refractivity contribution in [3.05, 3.63) is 17.5 Å². The number of amides is 1. The maximum atomic E-state index is 12.1. The van der Waals surface area contributed by atoms with Crippen LogP contribution in [0.1, 0.15) is 42.9 Å². The zero-order valence-corrected chi connectivity index (χ0v) is 12.0. The van der Waals surface area contributed by atoms with E-state index in [9.17, 15) is 9.59 Å². The molecule has 0 fully saturated rings. The number of carbonyl (C=O) groups is 2. The topological polar surface area (TPSA) is 75.4 Å². The summed E-state index contributed by atoms with van der Waals surface area (Å²) in [5, 5.41) is 13.0. The zero-order valence-electron chi connectivity index (χ0n) is 12.0. The van der Waals surface area contributed by atoms with Gasteiger partial charge in [0.1, 0.15) is 0 Å². The van der Waals surface area contributed by atoms with E-state index in [-0.39, 0.29) is 18.4 Å². The monoisotopic (exact) mass is 267 g/mol. The molecule has 0 radical (unpaired) electrons. The lowest BCUT2D eigenvalue weighted by molar-refractivity contribution is -0.141. The third-order valence-corrected chi connectivity index (χ3v) is 3.04. The van der Waals surface area contributed by atoms with Crippen molar-refractivity contribution in [2.75, 3.05) is 13.6 Å². The Morgan fingerprint density at radius 3 is 2.42 bits per heavy atom. The first-order chi connectivity index (χ1) is 8.73. The molecule has 0 aliphatic heterocycles. The first-order valence-corrected chi connectivity index (χ1v) is 6.26. The molecule has 0 aromatic carbocycles. The number of nitrogens with zero attached hydrogens (tertiary/aromatic N) is 3. The highest BCUT2D eigenvalue weighted by molar-refractivity contribution is 5.92. The summed E-state index contributed by atoms with van der Waals surface area (Å²) in [7, 11) is 3.39. The molecule has 1 aromatic heterocycles. The van der Waals surface area contributed by atoms with Crippen molar-refractivity contribution in [2.24, 2.45) is 13.0 Å². The second-order valence-electron chi connectivity index (χ2n) is 5.16. The molecular formula is C13H21N3O3. The molecule has 1 aromatic rings. The number of hydrogen-bond acceptors (Lipinski definition) is 3. The largest absolute Gasteiger partial charge is 0.481 e. The van der Waals surface area contributed by atoms with E-state index in [1.54, 1.807) is 31.8 Å². The van der Waals surface area contributed by atoms with Crippen molar-refractivity contribution in [2.45, 2.75) is 26.7 Å². The van der Waals surface area contributed by atoms with Gasteiger partial charge < -0.3 is 10.0 Å². The Labute approximate surface area is 113 Å². The summed E-state index contributed by atoms with van der Waals surface area (Å²) >= 11 is 0. The zero-order chi connectivity index (χ0) is 14.7. The van der Waals surface area contributed by atoms with E-state index in [1.165, 1.54) is 4.90 Å². The molecule has 6 heteroatoms. The van der Waals surface area contributed by atoms with Crippen LogP contribution < -0.4 is 0 Å². The number of carbonyl (C=O) groups excluding carboxylic acids is 1. The SMILES string of the molecule is CC(CN(C)C(=O)c1cc(C(C)C)n(C)n1)C(=O)O. The first kappa shape index (κ1) is 15.2. The Bertz CT molecular complexity index is 479. The standard InChI is InChI=1S/C13H21N3O3/c1-8(2)11-6-10(14-16(11)5)12(17)15(4)7-9(3)13(18)19/h6,8-9H,7H2,1-5H3,(H,18,19). The predicted molar refractivity (Wildman–Crippen MR) is 71.1 cm³/mol. The summed E-state index contributed by atoms with van der Waals surface area (Å²) in [6.45, 7) is 5.80. The van der Waals surface area contributed by atoms with Crippen molar-refractivity contribution < 1.29 is 14.7 Å². The Balaban J connectivity index is 2.83. The third kappa shape index (κ3) is 3.56. The van der Waals surface area contributed by atoms with Crippen molar-refractivity contribution in [3.8, 4) is 0 Å². The fourth-order valence-electron chi connectivity index (χ4n) is 1.89. The lowest BCUT2D eigenvalue weighted by Crippen LogP contribution is -2.33. The lowest BCUT2D eigenvalue weighted by atomic mass is 10.1. The molecule has 106 valence electrons. The van der Waals surface area contributed by atoms with Crippen molar-refractivity contribution in [1.82, 2.24) is 14.7 Å². The van der Waals surface area contributed by atoms with Crippen LogP contribution in [0.4, 0.5) is 0 Å². The van der Waals surface area contributed by atoms with Crippen LogP contribution in [0, 0.1) is 5.92 Å². The maximum absolute atomic E-state index is 12.1. The molecule has 1 heterocycles. The van der Waals surface area contributed by atoms with E-state index in [4.69, 9.17) is 5.11 Å². The molecule has 0 spiro atoms. The van der Waals surface area contributed by atoms with Gasteiger partial charge in [0, 0.05) is 26.3 Å². The van der Waals surface area contributed by atoms with E-state index in [0.717, 1.165) is 5.69 Å². The van der Waals surface area contributed by atoms with Crippen LogP contribution in [0.25, 0.3) is 0 Å². The Morgan fingerprint density at radius 2 is 2.00 bits per heavy atom. The molecule has 0 bridgehead atoms. The predicted octanol–water partition coefficient (Wildman–Crippen LogP) is 1.34. The van der Waals surface area contributed by atoms with Gasteiger partial charge in [-0.25, -0.2) is 0 Å². The normalized spacial score (nSPS) is 12.5. The highest BCUT2D eigenvalue weighted by Gasteiger charge is 2.21. The Morgan fingerprint density at radius 1 is 1.42 bits per heavy atom. The van der Waals surface area contributed by atoms with Gasteiger partial charge in [0.05, 0.1) is 5.92 Å². The summed E-state index contributed by atoms with van der Waals surface area (Å²) in [5.74, 6) is -1.48. The molecule has 0 aliphatic carbocycles.